The lowest BCUT2D eigenvalue weighted by molar-refractivity contribution is -0.116. The quantitative estimate of drug-likeness (QED) is 0.109. The molecule has 0 fully saturated rings. The topological polar surface area (TPSA) is 106 Å². The van der Waals surface area contributed by atoms with Gasteiger partial charge in [-0.15, -0.1) is 11.8 Å². The van der Waals surface area contributed by atoms with Crippen molar-refractivity contribution in [2.75, 3.05) is 24.9 Å². The Kier molecular flexibility index (Phi) is 11.6. The fourth-order valence-corrected chi connectivity index (χ4v) is 5.41. The number of benzene rings is 4. The van der Waals surface area contributed by atoms with Crippen molar-refractivity contribution in [1.29, 1.82) is 0 Å². The fraction of sp³-hybridized carbons (Fsp3) is 0.147. The monoisotopic (exact) mass is 647 g/mol. The molecule has 3 amide bonds. The average molecular weight is 648 g/mol. The van der Waals surface area contributed by atoms with Crippen LogP contribution in [0, 0.1) is 5.82 Å². The number of hydrogen-bond donors (Lipinski definition) is 3. The van der Waals surface area contributed by atoms with Crippen LogP contribution >= 0.6 is 23.4 Å². The number of rotatable bonds is 12. The average Bonchev–Trinajstić information content (AvgIpc) is 3.05. The van der Waals surface area contributed by atoms with Gasteiger partial charge in [-0.3, -0.25) is 14.4 Å². The van der Waals surface area contributed by atoms with Crippen molar-refractivity contribution in [2.45, 2.75) is 23.5 Å². The Morgan fingerprint density at radius 3 is 2.36 bits per heavy atom. The van der Waals surface area contributed by atoms with Gasteiger partial charge in [0.15, 0.2) is 0 Å². The van der Waals surface area contributed by atoms with Gasteiger partial charge in [-0.2, -0.15) is 0 Å². The van der Waals surface area contributed by atoms with Crippen molar-refractivity contribution in [3.63, 3.8) is 0 Å². The van der Waals surface area contributed by atoms with Gasteiger partial charge in [0.1, 0.15) is 23.0 Å². The van der Waals surface area contributed by atoms with Crippen LogP contribution in [0.15, 0.2) is 102 Å². The van der Waals surface area contributed by atoms with Gasteiger partial charge >= 0.3 is 0 Å². The van der Waals surface area contributed by atoms with Crippen LogP contribution < -0.4 is 25.4 Å². The summed E-state index contributed by atoms with van der Waals surface area (Å²) in [4.78, 5) is 40.3. The minimum absolute atomic E-state index is 0.0488. The molecule has 0 aliphatic carbocycles. The standard InChI is InChI=1S/C34H31ClFN3O5S/c1-4-31(34(42)38-28-17-16-23(43-2)19-30(28)44-3)45-24-13-8-12-22(18-24)37-33(41)29(20-25-26(35)14-9-15-27(25)36)39-32(40)21-10-6-5-7-11-21/h5-20,31H,4H2,1-3H3,(H,37,41)(H,38,42)(H,39,40)/b29-20+. The zero-order valence-electron chi connectivity index (χ0n) is 24.7. The van der Waals surface area contributed by atoms with Crippen LogP contribution in [-0.2, 0) is 9.59 Å². The molecule has 0 aliphatic heterocycles. The Balaban J connectivity index is 1.53. The fourth-order valence-electron chi connectivity index (χ4n) is 4.18. The molecule has 0 bridgehead atoms. The molecule has 45 heavy (non-hydrogen) atoms. The van der Waals surface area contributed by atoms with Crippen molar-refractivity contribution in [1.82, 2.24) is 5.32 Å². The molecule has 0 saturated heterocycles. The highest BCUT2D eigenvalue weighted by Crippen LogP contribution is 2.32. The molecule has 4 rings (SSSR count). The summed E-state index contributed by atoms with van der Waals surface area (Å²) in [6.07, 6.45) is 1.71. The van der Waals surface area contributed by atoms with E-state index in [2.05, 4.69) is 16.0 Å². The molecule has 0 aromatic heterocycles. The summed E-state index contributed by atoms with van der Waals surface area (Å²) in [7, 11) is 3.05. The van der Waals surface area contributed by atoms with Crippen molar-refractivity contribution < 1.29 is 28.2 Å². The summed E-state index contributed by atoms with van der Waals surface area (Å²) < 4.78 is 25.2. The Morgan fingerprint density at radius 1 is 0.911 bits per heavy atom. The molecule has 232 valence electrons. The van der Waals surface area contributed by atoms with Crippen LogP contribution in [0.1, 0.15) is 29.3 Å². The summed E-state index contributed by atoms with van der Waals surface area (Å²) in [5, 5.41) is 7.85. The first-order valence-electron chi connectivity index (χ1n) is 13.9. The number of thioether (sulfide) groups is 1. The van der Waals surface area contributed by atoms with Crippen molar-refractivity contribution >= 4 is 58.5 Å². The van der Waals surface area contributed by atoms with E-state index in [0.717, 1.165) is 0 Å². The van der Waals surface area contributed by atoms with Gasteiger partial charge in [0.2, 0.25) is 5.91 Å². The maximum Gasteiger partial charge on any atom is 0.272 e. The van der Waals surface area contributed by atoms with Gasteiger partial charge in [-0.1, -0.05) is 48.9 Å². The first-order valence-corrected chi connectivity index (χ1v) is 15.1. The third kappa shape index (κ3) is 8.87. The van der Waals surface area contributed by atoms with E-state index in [1.807, 2.05) is 13.0 Å². The molecule has 4 aromatic rings. The maximum atomic E-state index is 14.6. The minimum Gasteiger partial charge on any atom is -0.497 e. The SMILES string of the molecule is CCC(Sc1cccc(NC(=O)/C(=C\c2c(F)cccc2Cl)NC(=O)c2ccccc2)c1)C(=O)Nc1ccc(OC)cc1OC. The summed E-state index contributed by atoms with van der Waals surface area (Å²) in [6, 6.07) is 24.5. The van der Waals surface area contributed by atoms with Crippen LogP contribution in [-0.4, -0.2) is 37.2 Å². The smallest absolute Gasteiger partial charge is 0.272 e. The summed E-state index contributed by atoms with van der Waals surface area (Å²) in [5.74, 6) is -1.07. The summed E-state index contributed by atoms with van der Waals surface area (Å²) in [6.45, 7) is 1.90. The molecule has 1 atom stereocenters. The molecule has 0 saturated carbocycles. The largest absolute Gasteiger partial charge is 0.497 e. The van der Waals surface area contributed by atoms with Crippen molar-refractivity contribution in [3.8, 4) is 11.5 Å². The van der Waals surface area contributed by atoms with Crippen LogP contribution in [0.25, 0.3) is 6.08 Å². The van der Waals surface area contributed by atoms with Gasteiger partial charge in [-0.05, 0) is 67.1 Å². The van der Waals surface area contributed by atoms with E-state index in [1.54, 1.807) is 73.8 Å². The molecule has 0 heterocycles. The van der Waals surface area contributed by atoms with Crippen LogP contribution in [0.5, 0.6) is 11.5 Å². The van der Waals surface area contributed by atoms with Gasteiger partial charge in [0.25, 0.3) is 11.8 Å². The predicted molar refractivity (Wildman–Crippen MR) is 176 cm³/mol. The van der Waals surface area contributed by atoms with E-state index in [1.165, 1.54) is 43.1 Å². The third-order valence-corrected chi connectivity index (χ3v) is 8.20. The molecular formula is C34H31ClFN3O5S. The van der Waals surface area contributed by atoms with Gasteiger partial charge < -0.3 is 25.4 Å². The first-order chi connectivity index (χ1) is 21.7. The summed E-state index contributed by atoms with van der Waals surface area (Å²) in [5.41, 5.74) is 0.956. The second kappa shape index (κ2) is 15.8. The number of carbonyl (C=O) groups excluding carboxylic acids is 3. The number of ether oxygens (including phenoxy) is 2. The molecule has 4 aromatic carbocycles. The molecule has 0 aliphatic rings. The number of methoxy groups -OCH3 is 2. The highest BCUT2D eigenvalue weighted by atomic mass is 35.5. The first kappa shape index (κ1) is 33.1. The van der Waals surface area contributed by atoms with Gasteiger partial charge in [0.05, 0.1) is 30.2 Å². The molecule has 1 unspecified atom stereocenters. The normalized spacial score (nSPS) is 11.7. The lowest BCUT2D eigenvalue weighted by atomic mass is 10.1. The Bertz CT molecular complexity index is 1700. The van der Waals surface area contributed by atoms with E-state index in [0.29, 0.717) is 39.8 Å². The maximum absolute atomic E-state index is 14.6. The summed E-state index contributed by atoms with van der Waals surface area (Å²) >= 11 is 7.53. The molecule has 0 spiro atoms. The second-order valence-electron chi connectivity index (χ2n) is 9.57. The Labute approximate surface area is 270 Å². The van der Waals surface area contributed by atoms with E-state index in [-0.39, 0.29) is 22.2 Å². The number of amides is 3. The molecule has 3 N–H and O–H groups in total. The van der Waals surface area contributed by atoms with E-state index >= 15 is 0 Å². The van der Waals surface area contributed by atoms with E-state index < -0.39 is 22.9 Å². The number of halogens is 2. The van der Waals surface area contributed by atoms with E-state index in [4.69, 9.17) is 21.1 Å². The number of hydrogen-bond acceptors (Lipinski definition) is 6. The predicted octanol–water partition coefficient (Wildman–Crippen LogP) is 7.42. The Hall–Kier alpha value is -4.80. The lowest BCUT2D eigenvalue weighted by Gasteiger charge is -2.17. The van der Waals surface area contributed by atoms with Gasteiger partial charge in [-0.25, -0.2) is 4.39 Å². The Morgan fingerprint density at radius 2 is 1.67 bits per heavy atom. The van der Waals surface area contributed by atoms with Crippen LogP contribution in [0.3, 0.4) is 0 Å². The second-order valence-corrected chi connectivity index (χ2v) is 11.2. The van der Waals surface area contributed by atoms with Crippen LogP contribution in [0.2, 0.25) is 5.02 Å². The molecular weight excluding hydrogens is 617 g/mol. The third-order valence-electron chi connectivity index (χ3n) is 6.52. The molecule has 0 radical (unpaired) electrons. The molecule has 8 nitrogen and oxygen atoms in total. The van der Waals surface area contributed by atoms with E-state index in [9.17, 15) is 18.8 Å². The zero-order valence-corrected chi connectivity index (χ0v) is 26.3. The number of carbonyl (C=O) groups is 3. The highest BCUT2D eigenvalue weighted by molar-refractivity contribution is 8.00. The van der Waals surface area contributed by atoms with Crippen molar-refractivity contribution in [2.24, 2.45) is 0 Å². The minimum atomic E-state index is -0.697. The van der Waals surface area contributed by atoms with Crippen molar-refractivity contribution in [3.05, 3.63) is 119 Å². The zero-order chi connectivity index (χ0) is 32.3. The van der Waals surface area contributed by atoms with Crippen LogP contribution in [0.4, 0.5) is 15.8 Å². The lowest BCUT2D eigenvalue weighted by Crippen LogP contribution is -2.30. The number of anilines is 2. The highest BCUT2D eigenvalue weighted by Gasteiger charge is 2.21. The molecule has 11 heteroatoms. The van der Waals surface area contributed by atoms with Gasteiger partial charge in [0, 0.05) is 27.8 Å². The number of nitrogens with one attached hydrogen (secondary N) is 3.